The molecule has 0 radical (unpaired) electrons. The van der Waals surface area contributed by atoms with E-state index in [1.807, 2.05) is 28.3 Å². The van der Waals surface area contributed by atoms with Crippen molar-refractivity contribution in [3.8, 4) is 0 Å². The summed E-state index contributed by atoms with van der Waals surface area (Å²) in [5.74, 6) is 0.617. The number of likely N-dealkylation sites (tertiary alicyclic amines) is 1. The number of anilines is 1. The van der Waals surface area contributed by atoms with Crippen molar-refractivity contribution < 1.29 is 0 Å². The highest BCUT2D eigenvalue weighted by Gasteiger charge is 2.21. The summed E-state index contributed by atoms with van der Waals surface area (Å²) >= 11 is 5.33. The summed E-state index contributed by atoms with van der Waals surface area (Å²) in [7, 11) is 0. The minimum Gasteiger partial charge on any atom is -0.382 e. The van der Waals surface area contributed by atoms with Crippen LogP contribution in [0.3, 0.4) is 0 Å². The SMILES string of the molecule is Nc1ccn(C2CCN(Cc3cc(Br)cs3)CC2)n1. The lowest BCUT2D eigenvalue weighted by molar-refractivity contribution is 0.174. The van der Waals surface area contributed by atoms with Crippen LogP contribution in [0.15, 0.2) is 28.2 Å². The summed E-state index contributed by atoms with van der Waals surface area (Å²) in [6.45, 7) is 3.31. The third-order valence-corrected chi connectivity index (χ3v) is 5.24. The Hall–Kier alpha value is -0.850. The first-order chi connectivity index (χ1) is 9.20. The molecule has 1 saturated heterocycles. The molecule has 3 heterocycles. The number of hydrogen-bond donors (Lipinski definition) is 1. The fourth-order valence-corrected chi connectivity index (χ4v) is 4.05. The molecule has 0 aromatic carbocycles. The Morgan fingerprint density at radius 1 is 1.42 bits per heavy atom. The molecule has 0 aliphatic carbocycles. The van der Waals surface area contributed by atoms with Gasteiger partial charge in [-0.2, -0.15) is 5.10 Å². The van der Waals surface area contributed by atoms with E-state index in [9.17, 15) is 0 Å². The Kier molecular flexibility index (Phi) is 3.91. The highest BCUT2D eigenvalue weighted by Crippen LogP contribution is 2.26. The van der Waals surface area contributed by atoms with Gasteiger partial charge in [0.25, 0.3) is 0 Å². The summed E-state index contributed by atoms with van der Waals surface area (Å²) in [6.07, 6.45) is 4.29. The number of piperidine rings is 1. The van der Waals surface area contributed by atoms with Gasteiger partial charge >= 0.3 is 0 Å². The van der Waals surface area contributed by atoms with E-state index < -0.39 is 0 Å². The van der Waals surface area contributed by atoms with E-state index in [1.54, 1.807) is 0 Å². The molecule has 0 spiro atoms. The van der Waals surface area contributed by atoms with Crippen LogP contribution in [0.2, 0.25) is 0 Å². The van der Waals surface area contributed by atoms with Crippen molar-refractivity contribution in [1.29, 1.82) is 0 Å². The zero-order valence-electron chi connectivity index (χ0n) is 10.6. The molecular formula is C13H17BrN4S. The van der Waals surface area contributed by atoms with E-state index >= 15 is 0 Å². The van der Waals surface area contributed by atoms with Crippen molar-refractivity contribution >= 4 is 33.1 Å². The van der Waals surface area contributed by atoms with Crippen molar-refractivity contribution in [3.05, 3.63) is 33.1 Å². The molecule has 2 aromatic rings. The van der Waals surface area contributed by atoms with Crippen LogP contribution in [0.5, 0.6) is 0 Å². The number of halogens is 1. The molecule has 3 rings (SSSR count). The average molecular weight is 341 g/mol. The number of thiophene rings is 1. The molecule has 0 saturated carbocycles. The fourth-order valence-electron chi connectivity index (χ4n) is 2.56. The van der Waals surface area contributed by atoms with Gasteiger partial charge in [-0.3, -0.25) is 9.58 Å². The molecule has 1 aliphatic heterocycles. The van der Waals surface area contributed by atoms with Gasteiger partial charge in [0, 0.05) is 40.6 Å². The van der Waals surface area contributed by atoms with Gasteiger partial charge < -0.3 is 5.73 Å². The van der Waals surface area contributed by atoms with Crippen LogP contribution in [0.25, 0.3) is 0 Å². The molecular weight excluding hydrogens is 324 g/mol. The van der Waals surface area contributed by atoms with Crippen molar-refractivity contribution in [2.24, 2.45) is 0 Å². The molecule has 19 heavy (non-hydrogen) atoms. The van der Waals surface area contributed by atoms with Gasteiger partial charge in [-0.05, 0) is 40.9 Å². The maximum absolute atomic E-state index is 5.67. The maximum atomic E-state index is 5.67. The summed E-state index contributed by atoms with van der Waals surface area (Å²) in [4.78, 5) is 3.94. The summed E-state index contributed by atoms with van der Waals surface area (Å²) in [5.41, 5.74) is 5.67. The largest absolute Gasteiger partial charge is 0.382 e. The fraction of sp³-hybridized carbons (Fsp3) is 0.462. The second kappa shape index (κ2) is 5.64. The highest BCUT2D eigenvalue weighted by atomic mass is 79.9. The summed E-state index contributed by atoms with van der Waals surface area (Å²) in [5, 5.41) is 6.47. The Morgan fingerprint density at radius 3 is 2.79 bits per heavy atom. The second-order valence-corrected chi connectivity index (χ2v) is 6.87. The van der Waals surface area contributed by atoms with Crippen LogP contribution in [-0.2, 0) is 6.54 Å². The minimum atomic E-state index is 0.503. The average Bonchev–Trinajstić information content (AvgIpc) is 3.00. The third-order valence-electron chi connectivity index (χ3n) is 3.56. The highest BCUT2D eigenvalue weighted by molar-refractivity contribution is 9.10. The topological polar surface area (TPSA) is 47.1 Å². The molecule has 0 unspecified atom stereocenters. The quantitative estimate of drug-likeness (QED) is 0.933. The minimum absolute atomic E-state index is 0.503. The normalized spacial score (nSPS) is 17.9. The Bertz CT molecular complexity index is 542. The van der Waals surface area contributed by atoms with E-state index in [4.69, 9.17) is 5.73 Å². The standard InChI is InChI=1S/C13H17BrN4S/c14-10-7-12(19-9-10)8-17-4-1-11(2-5-17)18-6-3-13(15)16-18/h3,6-7,9,11H,1-2,4-5,8H2,(H2,15,16). The zero-order chi connectivity index (χ0) is 13.2. The number of nitrogens with zero attached hydrogens (tertiary/aromatic N) is 3. The van der Waals surface area contributed by atoms with Gasteiger partial charge in [-0.25, -0.2) is 0 Å². The van der Waals surface area contributed by atoms with Crippen molar-refractivity contribution in [3.63, 3.8) is 0 Å². The number of nitrogens with two attached hydrogens (primary N) is 1. The number of hydrogen-bond acceptors (Lipinski definition) is 4. The Labute approximate surface area is 125 Å². The smallest absolute Gasteiger partial charge is 0.145 e. The Morgan fingerprint density at radius 2 is 2.21 bits per heavy atom. The van der Waals surface area contributed by atoms with Crippen molar-refractivity contribution in [1.82, 2.24) is 14.7 Å². The van der Waals surface area contributed by atoms with Gasteiger partial charge in [0.15, 0.2) is 0 Å². The summed E-state index contributed by atoms with van der Waals surface area (Å²) < 4.78 is 3.21. The first-order valence-corrected chi connectivity index (χ1v) is 8.14. The monoisotopic (exact) mass is 340 g/mol. The predicted molar refractivity (Wildman–Crippen MR) is 82.2 cm³/mol. The molecule has 4 nitrogen and oxygen atoms in total. The van der Waals surface area contributed by atoms with Gasteiger partial charge in [0.05, 0.1) is 6.04 Å². The van der Waals surface area contributed by atoms with Gasteiger partial charge in [-0.1, -0.05) is 0 Å². The molecule has 0 amide bonds. The van der Waals surface area contributed by atoms with E-state index in [-0.39, 0.29) is 0 Å². The number of aromatic nitrogens is 2. The van der Waals surface area contributed by atoms with Crippen LogP contribution in [0, 0.1) is 0 Å². The van der Waals surface area contributed by atoms with Crippen molar-refractivity contribution in [2.45, 2.75) is 25.4 Å². The van der Waals surface area contributed by atoms with Crippen LogP contribution in [0.1, 0.15) is 23.8 Å². The first-order valence-electron chi connectivity index (χ1n) is 6.46. The molecule has 6 heteroatoms. The molecule has 102 valence electrons. The lowest BCUT2D eigenvalue weighted by atomic mass is 10.1. The lowest BCUT2D eigenvalue weighted by Gasteiger charge is -2.31. The lowest BCUT2D eigenvalue weighted by Crippen LogP contribution is -2.34. The summed E-state index contributed by atoms with van der Waals surface area (Å²) in [6, 6.07) is 4.59. The Balaban J connectivity index is 1.54. The maximum Gasteiger partial charge on any atom is 0.145 e. The van der Waals surface area contributed by atoms with E-state index in [0.717, 1.165) is 32.5 Å². The van der Waals surface area contributed by atoms with Gasteiger partial charge in [0.2, 0.25) is 0 Å². The molecule has 1 aliphatic rings. The zero-order valence-corrected chi connectivity index (χ0v) is 13.0. The molecule has 2 N–H and O–H groups in total. The van der Waals surface area contributed by atoms with Crippen LogP contribution < -0.4 is 5.73 Å². The molecule has 0 atom stereocenters. The first kappa shape index (κ1) is 13.1. The molecule has 1 fully saturated rings. The number of nitrogen functional groups attached to an aromatic ring is 1. The predicted octanol–water partition coefficient (Wildman–Crippen LogP) is 3.13. The third kappa shape index (κ3) is 3.19. The molecule has 0 bridgehead atoms. The number of rotatable bonds is 3. The van der Waals surface area contributed by atoms with Gasteiger partial charge in [-0.15, -0.1) is 11.3 Å². The second-order valence-electron chi connectivity index (χ2n) is 4.96. The van der Waals surface area contributed by atoms with Gasteiger partial charge in [0.1, 0.15) is 5.82 Å². The van der Waals surface area contributed by atoms with Crippen molar-refractivity contribution in [2.75, 3.05) is 18.8 Å². The molecule has 2 aromatic heterocycles. The van der Waals surface area contributed by atoms with E-state index in [0.29, 0.717) is 11.9 Å². The van der Waals surface area contributed by atoms with Crippen LogP contribution >= 0.6 is 27.3 Å². The van der Waals surface area contributed by atoms with E-state index in [2.05, 4.69) is 37.4 Å². The van der Waals surface area contributed by atoms with Crippen LogP contribution in [-0.4, -0.2) is 27.8 Å². The van der Waals surface area contributed by atoms with E-state index in [1.165, 1.54) is 9.35 Å². The van der Waals surface area contributed by atoms with Crippen LogP contribution in [0.4, 0.5) is 5.82 Å².